The number of ether oxygens (including phenoxy) is 1. The van der Waals surface area contributed by atoms with Gasteiger partial charge >= 0.3 is 0 Å². The number of benzene rings is 4. The van der Waals surface area contributed by atoms with E-state index in [9.17, 15) is 9.90 Å². The number of hydrogen-bond acceptors (Lipinski definition) is 6. The number of hydrogen-bond donors (Lipinski definition) is 3. The fourth-order valence-corrected chi connectivity index (χ4v) is 7.69. The number of phenolic OH excluding ortho intramolecular Hbond substituents is 1. The molecule has 2 atom stereocenters. The van der Waals surface area contributed by atoms with Crippen LogP contribution in [0.5, 0.6) is 11.6 Å². The molecule has 0 radical (unpaired) electrons. The number of nitrogens with one attached hydrogen (secondary N) is 2. The average Bonchev–Trinajstić information content (AvgIpc) is 3.68. The van der Waals surface area contributed by atoms with Crippen LogP contribution in [0, 0.1) is 10.5 Å². The highest BCUT2D eigenvalue weighted by atomic mass is 127. The molecule has 244 valence electrons. The highest BCUT2D eigenvalue weighted by Gasteiger charge is 2.48. The third kappa shape index (κ3) is 5.34. The van der Waals surface area contributed by atoms with Crippen molar-refractivity contribution in [2.24, 2.45) is 0 Å². The van der Waals surface area contributed by atoms with Gasteiger partial charge in [0.2, 0.25) is 11.8 Å². The molecule has 9 nitrogen and oxygen atoms in total. The summed E-state index contributed by atoms with van der Waals surface area (Å²) in [6.45, 7) is 3.67. The molecule has 8 rings (SSSR count). The zero-order chi connectivity index (χ0) is 34.0. The molecule has 2 aliphatic rings. The van der Waals surface area contributed by atoms with Crippen molar-refractivity contribution in [1.82, 2.24) is 30.2 Å². The van der Waals surface area contributed by atoms with Gasteiger partial charge in [-0.25, -0.2) is 9.36 Å². The Hall–Kier alpha value is -4.78. The van der Waals surface area contributed by atoms with E-state index in [4.69, 9.17) is 38.1 Å². The van der Waals surface area contributed by atoms with Gasteiger partial charge in [-0.15, -0.1) is 0 Å². The molecular weight excluding hydrogens is 774 g/mol. The van der Waals surface area contributed by atoms with Crippen LogP contribution in [0.15, 0.2) is 115 Å². The second-order valence-electron chi connectivity index (χ2n) is 12.0. The summed E-state index contributed by atoms with van der Waals surface area (Å²) in [6.07, 6.45) is 1.95. The summed E-state index contributed by atoms with van der Waals surface area (Å²) in [5.74, 6) is -0.370. The van der Waals surface area contributed by atoms with Gasteiger partial charge < -0.3 is 20.5 Å². The van der Waals surface area contributed by atoms with E-state index in [0.717, 1.165) is 28.1 Å². The number of halogens is 3. The van der Waals surface area contributed by atoms with Crippen molar-refractivity contribution >= 4 is 51.7 Å². The van der Waals surface area contributed by atoms with Gasteiger partial charge in [-0.05, 0) is 85.0 Å². The van der Waals surface area contributed by atoms with E-state index in [1.807, 2.05) is 125 Å². The molecule has 1 amide bonds. The van der Waals surface area contributed by atoms with E-state index in [1.54, 1.807) is 23.7 Å². The van der Waals surface area contributed by atoms with Crippen LogP contribution in [0.3, 0.4) is 0 Å². The largest absolute Gasteiger partial charge is 0.506 e. The molecule has 0 aliphatic carbocycles. The predicted octanol–water partition coefficient (Wildman–Crippen LogP) is 7.98. The minimum absolute atomic E-state index is 0.00303. The first-order chi connectivity index (χ1) is 23.6. The van der Waals surface area contributed by atoms with Crippen molar-refractivity contribution in [2.75, 3.05) is 0 Å². The van der Waals surface area contributed by atoms with Gasteiger partial charge in [0.15, 0.2) is 0 Å². The average molecular weight is 801 g/mol. The number of aryl methyl sites for hydroxylation is 1. The molecule has 0 spiro atoms. The number of carbonyl (C=O) groups is 1. The number of phenols is 1. The lowest BCUT2D eigenvalue weighted by atomic mass is 9.81. The van der Waals surface area contributed by atoms with E-state index in [-0.39, 0.29) is 17.5 Å². The molecule has 6 aromatic rings. The number of fused-ring (bicyclic) bond motifs is 1. The maximum absolute atomic E-state index is 14.6. The summed E-state index contributed by atoms with van der Waals surface area (Å²) < 4.78 is 10.8. The number of para-hydroxylation sites is 2. The molecule has 4 heterocycles. The molecule has 0 fully saturated rings. The molecule has 49 heavy (non-hydrogen) atoms. The minimum atomic E-state index is -1.28. The summed E-state index contributed by atoms with van der Waals surface area (Å²) in [5.41, 5.74) is 4.77. The Balaban J connectivity index is 1.39. The van der Waals surface area contributed by atoms with Crippen molar-refractivity contribution < 1.29 is 14.6 Å². The molecule has 4 aromatic carbocycles. The van der Waals surface area contributed by atoms with E-state index in [1.165, 1.54) is 0 Å². The Morgan fingerprint density at radius 2 is 1.57 bits per heavy atom. The van der Waals surface area contributed by atoms with Crippen LogP contribution in [0.25, 0.3) is 22.6 Å². The van der Waals surface area contributed by atoms with Gasteiger partial charge in [-0.3, -0.25) is 4.79 Å². The number of aromatic hydroxyl groups is 1. The Labute approximate surface area is 305 Å². The summed E-state index contributed by atoms with van der Waals surface area (Å²) in [6, 6.07) is 30.2. The van der Waals surface area contributed by atoms with Gasteiger partial charge in [0.05, 0.1) is 43.4 Å². The first-order valence-corrected chi connectivity index (χ1v) is 17.2. The van der Waals surface area contributed by atoms with E-state index in [0.29, 0.717) is 42.0 Å². The molecule has 0 saturated heterocycles. The van der Waals surface area contributed by atoms with Crippen LogP contribution in [0.2, 0.25) is 10.0 Å². The first kappa shape index (κ1) is 31.5. The monoisotopic (exact) mass is 800 g/mol. The van der Waals surface area contributed by atoms with Crippen LogP contribution in [-0.2, 0) is 10.5 Å². The van der Waals surface area contributed by atoms with Gasteiger partial charge in [0, 0.05) is 32.9 Å². The van der Waals surface area contributed by atoms with E-state index < -0.39 is 11.6 Å². The normalized spacial score (nSPS) is 18.3. The van der Waals surface area contributed by atoms with Gasteiger partial charge in [-0.1, -0.05) is 71.7 Å². The highest BCUT2D eigenvalue weighted by Crippen LogP contribution is 2.50. The summed E-state index contributed by atoms with van der Waals surface area (Å²) >= 11 is 14.8. The Morgan fingerprint density at radius 1 is 0.898 bits per heavy atom. The SMILES string of the molecule is Cc1nn(-c2ccccc2)c2c1C(c1cn(-c3ccccc3)nc1-c1ccc(Cl)cc1)C1=C(NC(C)(c3cc(Cl)cc(I)c3O)NC1=O)O2. The number of nitrogens with zero attached hydrogens (tertiary/aromatic N) is 4. The molecule has 2 unspecified atom stereocenters. The lowest BCUT2D eigenvalue weighted by Gasteiger charge is -2.42. The zero-order valence-corrected chi connectivity index (χ0v) is 29.7. The topological polar surface area (TPSA) is 106 Å². The molecule has 2 aliphatic heterocycles. The quantitative estimate of drug-likeness (QED) is 0.153. The minimum Gasteiger partial charge on any atom is -0.506 e. The standard InChI is InChI=1S/C37H27Cl2IN6O3/c1-20-29-30(26-19-45(24-9-5-3-6-10-24)44-32(26)21-13-15-22(38)16-14-21)31-34(48)41-37(2,27-17-23(39)18-28(40)33(27)47)42-35(31)49-36(29)46(43-20)25-11-7-4-8-12-25/h3-19,30,42,47H,1-2H3,(H,41,48). The molecule has 12 heteroatoms. The Kier molecular flexibility index (Phi) is 7.69. The zero-order valence-electron chi connectivity index (χ0n) is 26.1. The lowest BCUT2D eigenvalue weighted by Crippen LogP contribution is -2.60. The second-order valence-corrected chi connectivity index (χ2v) is 14.1. The third-order valence-corrected chi connectivity index (χ3v) is 10.1. The van der Waals surface area contributed by atoms with Gasteiger partial charge in [0.1, 0.15) is 11.4 Å². The van der Waals surface area contributed by atoms with Crippen LogP contribution in [-0.4, -0.2) is 30.6 Å². The van der Waals surface area contributed by atoms with Crippen LogP contribution in [0.1, 0.15) is 35.2 Å². The summed E-state index contributed by atoms with van der Waals surface area (Å²) in [7, 11) is 0. The maximum atomic E-state index is 14.6. The smallest absolute Gasteiger partial charge is 0.255 e. The molecule has 0 saturated carbocycles. The molecule has 2 aromatic heterocycles. The van der Waals surface area contributed by atoms with Crippen LogP contribution in [0.4, 0.5) is 0 Å². The lowest BCUT2D eigenvalue weighted by molar-refractivity contribution is -0.121. The first-order valence-electron chi connectivity index (χ1n) is 15.4. The number of amides is 1. The second kappa shape index (κ2) is 12.0. The summed E-state index contributed by atoms with van der Waals surface area (Å²) in [4.78, 5) is 14.6. The van der Waals surface area contributed by atoms with Crippen molar-refractivity contribution in [3.63, 3.8) is 0 Å². The third-order valence-electron chi connectivity index (χ3n) is 8.81. The molecule has 0 bridgehead atoms. The van der Waals surface area contributed by atoms with Crippen molar-refractivity contribution in [3.8, 4) is 34.3 Å². The van der Waals surface area contributed by atoms with Crippen molar-refractivity contribution in [2.45, 2.75) is 25.4 Å². The molecule has 3 N–H and O–H groups in total. The maximum Gasteiger partial charge on any atom is 0.255 e. The fourth-order valence-electron chi connectivity index (χ4n) is 6.54. The Morgan fingerprint density at radius 3 is 2.27 bits per heavy atom. The van der Waals surface area contributed by atoms with Crippen LogP contribution >= 0.6 is 45.8 Å². The number of aromatic nitrogens is 4. The van der Waals surface area contributed by atoms with E-state index in [2.05, 4.69) is 10.6 Å². The van der Waals surface area contributed by atoms with Crippen molar-refractivity contribution in [1.29, 1.82) is 0 Å². The van der Waals surface area contributed by atoms with Crippen molar-refractivity contribution in [3.05, 3.63) is 151 Å². The highest BCUT2D eigenvalue weighted by molar-refractivity contribution is 14.1. The van der Waals surface area contributed by atoms with E-state index >= 15 is 0 Å². The Bertz CT molecular complexity index is 2300. The fraction of sp³-hybridized carbons (Fsp3) is 0.108. The number of rotatable bonds is 5. The van der Waals surface area contributed by atoms with Crippen LogP contribution < -0.4 is 15.4 Å². The predicted molar refractivity (Wildman–Crippen MR) is 196 cm³/mol. The van der Waals surface area contributed by atoms with Gasteiger partial charge in [-0.2, -0.15) is 10.2 Å². The molecular formula is C37H27Cl2IN6O3. The summed E-state index contributed by atoms with van der Waals surface area (Å²) in [5, 5.41) is 28.7. The number of carbonyl (C=O) groups excluding carboxylic acids is 1. The van der Waals surface area contributed by atoms with Gasteiger partial charge in [0.25, 0.3) is 5.91 Å².